The molecule has 0 spiro atoms. The van der Waals surface area contributed by atoms with Crippen LogP contribution in [0.5, 0.6) is 23.0 Å². The Balaban J connectivity index is 1.78. The summed E-state index contributed by atoms with van der Waals surface area (Å²) in [5.74, 6) is 1.80. The zero-order valence-corrected chi connectivity index (χ0v) is 22.2. The van der Waals surface area contributed by atoms with Gasteiger partial charge in [0, 0.05) is 12.6 Å². The number of sulfonamides is 1. The number of anilines is 1. The van der Waals surface area contributed by atoms with E-state index in [1.807, 2.05) is 42.5 Å². The van der Waals surface area contributed by atoms with Crippen LogP contribution in [0.3, 0.4) is 0 Å². The molecule has 4 N–H and O–H groups in total. The van der Waals surface area contributed by atoms with Crippen molar-refractivity contribution < 1.29 is 32.8 Å². The molecule has 2 atom stereocenters. The van der Waals surface area contributed by atoms with Crippen LogP contribution in [0.15, 0.2) is 60.7 Å². The minimum Gasteiger partial charge on any atom is -0.506 e. The lowest BCUT2D eigenvalue weighted by Crippen LogP contribution is -2.32. The van der Waals surface area contributed by atoms with Crippen molar-refractivity contribution in [1.82, 2.24) is 5.32 Å². The fourth-order valence-electron chi connectivity index (χ4n) is 4.03. The van der Waals surface area contributed by atoms with Crippen LogP contribution < -0.4 is 24.2 Å². The molecule has 9 nitrogen and oxygen atoms in total. The molecular formula is C27H34N2O7S. The molecule has 0 saturated heterocycles. The monoisotopic (exact) mass is 530 g/mol. The van der Waals surface area contributed by atoms with Crippen LogP contribution in [0.2, 0.25) is 0 Å². The summed E-state index contributed by atoms with van der Waals surface area (Å²) in [5.41, 5.74) is 2.75. The van der Waals surface area contributed by atoms with Crippen LogP contribution in [0.25, 0.3) is 0 Å². The maximum Gasteiger partial charge on any atom is 0.229 e. The molecule has 37 heavy (non-hydrogen) atoms. The van der Waals surface area contributed by atoms with Crippen molar-refractivity contribution in [1.29, 1.82) is 0 Å². The number of benzene rings is 3. The number of aromatic hydroxyl groups is 1. The molecular weight excluding hydrogens is 496 g/mol. The summed E-state index contributed by atoms with van der Waals surface area (Å²) >= 11 is 0. The number of phenols is 1. The van der Waals surface area contributed by atoms with Gasteiger partial charge in [0.1, 0.15) is 11.5 Å². The highest BCUT2D eigenvalue weighted by molar-refractivity contribution is 7.92. The molecule has 10 heteroatoms. The van der Waals surface area contributed by atoms with Gasteiger partial charge < -0.3 is 29.7 Å². The van der Waals surface area contributed by atoms with Crippen LogP contribution >= 0.6 is 0 Å². The number of aliphatic hydroxyl groups excluding tert-OH is 1. The first kappa shape index (κ1) is 28.1. The van der Waals surface area contributed by atoms with Gasteiger partial charge in [-0.1, -0.05) is 24.3 Å². The van der Waals surface area contributed by atoms with Crippen LogP contribution in [0, 0.1) is 0 Å². The van der Waals surface area contributed by atoms with Gasteiger partial charge in [0.05, 0.1) is 39.4 Å². The van der Waals surface area contributed by atoms with Gasteiger partial charge in [0.2, 0.25) is 10.0 Å². The Labute approximate surface area is 218 Å². The maximum absolute atomic E-state index is 11.6. The van der Waals surface area contributed by atoms with E-state index in [1.165, 1.54) is 12.1 Å². The summed E-state index contributed by atoms with van der Waals surface area (Å²) in [7, 11) is 1.24. The zero-order valence-electron chi connectivity index (χ0n) is 21.4. The standard InChI is InChI=1S/C27H34N2O7S/c1-34-22-7-5-6-18(13-22)14-23(20-9-11-26(35-2)27(16-20)36-3)28-17-21(30)12-19-8-10-25(31)24(15-19)29-37(4,32)33/h5-11,13,15-16,21,23,28-31H,12,14,17H2,1-4H3. The molecule has 0 bridgehead atoms. The van der Waals surface area contributed by atoms with E-state index in [0.717, 1.165) is 23.1 Å². The molecule has 0 radical (unpaired) electrons. The lowest BCUT2D eigenvalue weighted by Gasteiger charge is -2.23. The SMILES string of the molecule is COc1cccc(CC(NCC(O)Cc2ccc(O)c(NS(C)(=O)=O)c2)c2ccc(OC)c(OC)c2)c1. The smallest absolute Gasteiger partial charge is 0.229 e. The van der Waals surface area contributed by atoms with E-state index in [1.54, 1.807) is 27.4 Å². The third-order valence-corrected chi connectivity index (χ3v) is 6.40. The van der Waals surface area contributed by atoms with Crippen molar-refractivity contribution in [2.45, 2.75) is 25.0 Å². The van der Waals surface area contributed by atoms with Crippen LogP contribution in [-0.4, -0.2) is 58.9 Å². The number of phenolic OH excluding ortho intramolecular Hbond substituents is 1. The zero-order chi connectivity index (χ0) is 27.0. The van der Waals surface area contributed by atoms with Gasteiger partial charge in [0.25, 0.3) is 0 Å². The Bertz CT molecular complexity index is 1300. The van der Waals surface area contributed by atoms with Gasteiger partial charge >= 0.3 is 0 Å². The second-order valence-electron chi connectivity index (χ2n) is 8.71. The molecule has 3 rings (SSSR count). The Morgan fingerprint density at radius 1 is 0.865 bits per heavy atom. The van der Waals surface area contributed by atoms with Crippen LogP contribution in [0.1, 0.15) is 22.7 Å². The third kappa shape index (κ3) is 8.28. The first-order valence-corrected chi connectivity index (χ1v) is 13.6. The van der Waals surface area contributed by atoms with E-state index in [0.29, 0.717) is 23.5 Å². The average Bonchev–Trinajstić information content (AvgIpc) is 2.87. The fourth-order valence-corrected chi connectivity index (χ4v) is 4.59. The minimum atomic E-state index is -3.56. The lowest BCUT2D eigenvalue weighted by molar-refractivity contribution is 0.167. The van der Waals surface area contributed by atoms with Gasteiger partial charge in [-0.3, -0.25) is 4.72 Å². The average molecular weight is 531 g/mol. The van der Waals surface area contributed by atoms with E-state index in [-0.39, 0.29) is 30.4 Å². The summed E-state index contributed by atoms with van der Waals surface area (Å²) in [4.78, 5) is 0. The quantitative estimate of drug-likeness (QED) is 0.248. The molecule has 2 unspecified atom stereocenters. The van der Waals surface area contributed by atoms with Crippen LogP contribution in [-0.2, 0) is 22.9 Å². The van der Waals surface area contributed by atoms with E-state index < -0.39 is 16.1 Å². The first-order valence-electron chi connectivity index (χ1n) is 11.7. The first-order chi connectivity index (χ1) is 17.6. The normalized spacial score (nSPS) is 13.0. The number of hydrogen-bond acceptors (Lipinski definition) is 8. The Kier molecular flexibility index (Phi) is 9.62. The highest BCUT2D eigenvalue weighted by Crippen LogP contribution is 2.32. The van der Waals surface area contributed by atoms with Gasteiger partial charge in [-0.25, -0.2) is 8.42 Å². The topological polar surface area (TPSA) is 126 Å². The maximum atomic E-state index is 11.6. The van der Waals surface area contributed by atoms with E-state index in [9.17, 15) is 18.6 Å². The molecule has 0 aromatic heterocycles. The fraction of sp³-hybridized carbons (Fsp3) is 0.333. The second kappa shape index (κ2) is 12.7. The Hall–Kier alpha value is -3.47. The predicted molar refractivity (Wildman–Crippen MR) is 143 cm³/mol. The summed E-state index contributed by atoms with van der Waals surface area (Å²) in [6.07, 6.45) is 1.11. The predicted octanol–water partition coefficient (Wildman–Crippen LogP) is 3.27. The highest BCUT2D eigenvalue weighted by Gasteiger charge is 2.18. The highest BCUT2D eigenvalue weighted by atomic mass is 32.2. The summed E-state index contributed by atoms with van der Waals surface area (Å²) in [5, 5.41) is 24.2. The largest absolute Gasteiger partial charge is 0.506 e. The Morgan fingerprint density at radius 2 is 1.59 bits per heavy atom. The van der Waals surface area contributed by atoms with Crippen molar-refractivity contribution in [2.24, 2.45) is 0 Å². The molecule has 0 amide bonds. The number of aliphatic hydroxyl groups is 1. The molecule has 0 heterocycles. The summed E-state index contributed by atoms with van der Waals surface area (Å²) in [6, 6.07) is 17.9. The number of rotatable bonds is 13. The molecule has 0 fully saturated rings. The van der Waals surface area contributed by atoms with Crippen molar-refractivity contribution in [3.05, 3.63) is 77.4 Å². The molecule has 0 aliphatic carbocycles. The second-order valence-corrected chi connectivity index (χ2v) is 10.5. The number of nitrogens with one attached hydrogen (secondary N) is 2. The molecule has 3 aromatic carbocycles. The minimum absolute atomic E-state index is 0.0707. The van der Waals surface area contributed by atoms with Gasteiger partial charge in [-0.15, -0.1) is 0 Å². The van der Waals surface area contributed by atoms with E-state index >= 15 is 0 Å². The van der Waals surface area contributed by atoms with Crippen molar-refractivity contribution in [3.63, 3.8) is 0 Å². The third-order valence-electron chi connectivity index (χ3n) is 5.81. The molecule has 0 aliphatic rings. The molecule has 200 valence electrons. The molecule has 0 aliphatic heterocycles. The van der Waals surface area contributed by atoms with Gasteiger partial charge in [-0.2, -0.15) is 0 Å². The molecule has 0 saturated carbocycles. The van der Waals surface area contributed by atoms with E-state index in [4.69, 9.17) is 14.2 Å². The lowest BCUT2D eigenvalue weighted by atomic mass is 9.97. The van der Waals surface area contributed by atoms with E-state index in [2.05, 4.69) is 10.0 Å². The van der Waals surface area contributed by atoms with Crippen molar-refractivity contribution >= 4 is 15.7 Å². The number of hydrogen-bond donors (Lipinski definition) is 4. The van der Waals surface area contributed by atoms with Gasteiger partial charge in [0.15, 0.2) is 11.5 Å². The van der Waals surface area contributed by atoms with Crippen LogP contribution in [0.4, 0.5) is 5.69 Å². The number of methoxy groups -OCH3 is 3. The molecule has 3 aromatic rings. The summed E-state index contributed by atoms with van der Waals surface area (Å²) in [6.45, 7) is 0.263. The van der Waals surface area contributed by atoms with Crippen molar-refractivity contribution in [3.8, 4) is 23.0 Å². The Morgan fingerprint density at radius 3 is 2.27 bits per heavy atom. The van der Waals surface area contributed by atoms with Crippen molar-refractivity contribution in [2.75, 3.05) is 38.9 Å². The number of ether oxygens (including phenoxy) is 3. The summed E-state index contributed by atoms with van der Waals surface area (Å²) < 4.78 is 41.6. The van der Waals surface area contributed by atoms with Gasteiger partial charge in [-0.05, 0) is 65.9 Å².